The summed E-state index contributed by atoms with van der Waals surface area (Å²) in [5.41, 5.74) is 0. The summed E-state index contributed by atoms with van der Waals surface area (Å²) in [5, 5.41) is 0. The van der Waals surface area contributed by atoms with E-state index in [-0.39, 0.29) is 25.0 Å². The van der Waals surface area contributed by atoms with Gasteiger partial charge in [-0.1, -0.05) is 48.6 Å². The SMILES string of the molecule is C1=C\CC/C=C\CC/1.C1=C\CC/C=C\CC/1.[OH-].[Rh+]. The number of rotatable bonds is 0. The van der Waals surface area contributed by atoms with Crippen LogP contribution in [-0.2, 0) is 19.5 Å². The molecule has 0 amide bonds. The van der Waals surface area contributed by atoms with Crippen LogP contribution in [0.3, 0.4) is 0 Å². The fourth-order valence-corrected chi connectivity index (χ4v) is 1.71. The van der Waals surface area contributed by atoms with Crippen LogP contribution >= 0.6 is 0 Å². The van der Waals surface area contributed by atoms with Crippen molar-refractivity contribution in [2.75, 3.05) is 0 Å². The fraction of sp³-hybridized carbons (Fsp3) is 0.500. The minimum Gasteiger partial charge on any atom is -0.870 e. The van der Waals surface area contributed by atoms with Gasteiger partial charge < -0.3 is 5.48 Å². The zero-order valence-electron chi connectivity index (χ0n) is 11.1. The minimum absolute atomic E-state index is 0. The Bertz CT molecular complexity index is 184. The molecule has 0 spiro atoms. The Balaban J connectivity index is 0. The quantitative estimate of drug-likeness (QED) is 0.443. The van der Waals surface area contributed by atoms with E-state index < -0.39 is 0 Å². The molecule has 1 nitrogen and oxygen atoms in total. The Morgan fingerprint density at radius 2 is 0.444 bits per heavy atom. The van der Waals surface area contributed by atoms with Crippen molar-refractivity contribution in [3.8, 4) is 0 Å². The van der Waals surface area contributed by atoms with Crippen LogP contribution in [0.5, 0.6) is 0 Å². The van der Waals surface area contributed by atoms with Gasteiger partial charge in [0.05, 0.1) is 0 Å². The van der Waals surface area contributed by atoms with Crippen LogP contribution in [0.2, 0.25) is 0 Å². The van der Waals surface area contributed by atoms with Crippen molar-refractivity contribution in [2.24, 2.45) is 0 Å². The van der Waals surface area contributed by atoms with Crippen LogP contribution in [-0.4, -0.2) is 5.48 Å². The topological polar surface area (TPSA) is 30.0 Å². The van der Waals surface area contributed by atoms with Crippen molar-refractivity contribution >= 4 is 0 Å². The molecule has 0 atom stereocenters. The van der Waals surface area contributed by atoms with E-state index in [0.29, 0.717) is 0 Å². The molecule has 0 aromatic heterocycles. The van der Waals surface area contributed by atoms with Crippen molar-refractivity contribution < 1.29 is 25.0 Å². The van der Waals surface area contributed by atoms with Gasteiger partial charge in [0.1, 0.15) is 0 Å². The molecule has 0 aromatic carbocycles. The van der Waals surface area contributed by atoms with Crippen molar-refractivity contribution in [1.29, 1.82) is 0 Å². The molecule has 2 heteroatoms. The Kier molecular flexibility index (Phi) is 18.3. The molecule has 1 N–H and O–H groups in total. The Labute approximate surface area is 125 Å². The summed E-state index contributed by atoms with van der Waals surface area (Å²) >= 11 is 0. The molecule has 0 saturated heterocycles. The molecule has 2 aliphatic rings. The molecule has 0 aliphatic heterocycles. The van der Waals surface area contributed by atoms with Crippen LogP contribution < -0.4 is 0 Å². The third kappa shape index (κ3) is 13.6. The first-order chi connectivity index (χ1) is 8.00. The minimum atomic E-state index is 0. The van der Waals surface area contributed by atoms with Crippen LogP contribution in [0.4, 0.5) is 0 Å². The average molecular weight is 336 g/mol. The molecule has 0 fully saturated rings. The van der Waals surface area contributed by atoms with Gasteiger partial charge in [0.25, 0.3) is 0 Å². The van der Waals surface area contributed by atoms with Crippen LogP contribution in [0, 0.1) is 0 Å². The van der Waals surface area contributed by atoms with E-state index >= 15 is 0 Å². The van der Waals surface area contributed by atoms with E-state index in [2.05, 4.69) is 48.6 Å². The van der Waals surface area contributed by atoms with E-state index in [1.165, 1.54) is 51.4 Å². The number of hydrogen-bond donors (Lipinski definition) is 0. The maximum atomic E-state index is 2.27. The summed E-state index contributed by atoms with van der Waals surface area (Å²) in [6.07, 6.45) is 28.0. The predicted molar refractivity (Wildman–Crippen MR) is 75.4 cm³/mol. The maximum absolute atomic E-state index is 2.27. The summed E-state index contributed by atoms with van der Waals surface area (Å²) in [5.74, 6) is 0. The summed E-state index contributed by atoms with van der Waals surface area (Å²) in [7, 11) is 0. The molecular formula is C16H25ORh. The van der Waals surface area contributed by atoms with E-state index in [9.17, 15) is 0 Å². The number of hydrogen-bond acceptors (Lipinski definition) is 1. The molecule has 0 unspecified atom stereocenters. The monoisotopic (exact) mass is 336 g/mol. The summed E-state index contributed by atoms with van der Waals surface area (Å²) in [6.45, 7) is 0. The van der Waals surface area contributed by atoms with Gasteiger partial charge >= 0.3 is 19.5 Å². The smallest absolute Gasteiger partial charge is 0.870 e. The standard InChI is InChI=1S/2C8H12.H2O.Rh/c2*1-2-4-6-8-7-5-3-1;;/h2*1-2,7-8H,3-6H2;1H2;/q;;;+1/p-1/b2*2-1-,8-7-;;. The van der Waals surface area contributed by atoms with E-state index in [1.807, 2.05) is 0 Å². The van der Waals surface area contributed by atoms with Gasteiger partial charge in [0.15, 0.2) is 0 Å². The van der Waals surface area contributed by atoms with Crippen molar-refractivity contribution in [3.63, 3.8) is 0 Å². The van der Waals surface area contributed by atoms with Crippen LogP contribution in [0.15, 0.2) is 48.6 Å². The molecule has 2 aliphatic carbocycles. The Morgan fingerprint density at radius 1 is 0.333 bits per heavy atom. The second-order valence-corrected chi connectivity index (χ2v) is 4.20. The summed E-state index contributed by atoms with van der Waals surface area (Å²) in [6, 6.07) is 0. The normalized spacial score (nSPS) is 24.9. The molecule has 2 rings (SSSR count). The van der Waals surface area contributed by atoms with Crippen LogP contribution in [0.25, 0.3) is 0 Å². The van der Waals surface area contributed by atoms with Gasteiger partial charge in [0, 0.05) is 0 Å². The average Bonchev–Trinajstić information content (AvgIpc) is 2.15. The largest absolute Gasteiger partial charge is 1.00 e. The van der Waals surface area contributed by atoms with E-state index in [4.69, 9.17) is 0 Å². The van der Waals surface area contributed by atoms with Gasteiger partial charge in [-0.2, -0.15) is 0 Å². The molecule has 0 bridgehead atoms. The molecule has 0 saturated carbocycles. The van der Waals surface area contributed by atoms with E-state index in [0.717, 1.165) is 0 Å². The molecule has 0 heterocycles. The first kappa shape index (κ1) is 19.9. The summed E-state index contributed by atoms with van der Waals surface area (Å²) in [4.78, 5) is 0. The molecule has 0 radical (unpaired) electrons. The van der Waals surface area contributed by atoms with Crippen molar-refractivity contribution in [3.05, 3.63) is 48.6 Å². The predicted octanol–water partition coefficient (Wildman–Crippen LogP) is 5.17. The van der Waals surface area contributed by atoms with Gasteiger partial charge in [0.2, 0.25) is 0 Å². The van der Waals surface area contributed by atoms with Gasteiger partial charge in [-0.05, 0) is 51.4 Å². The second kappa shape index (κ2) is 16.5. The zero-order chi connectivity index (χ0) is 11.3. The summed E-state index contributed by atoms with van der Waals surface area (Å²) < 4.78 is 0. The van der Waals surface area contributed by atoms with Gasteiger partial charge in [-0.15, -0.1) is 0 Å². The Hall–Kier alpha value is -0.457. The number of allylic oxidation sites excluding steroid dienone is 8. The zero-order valence-corrected chi connectivity index (χ0v) is 12.7. The molecule has 18 heavy (non-hydrogen) atoms. The first-order valence-corrected chi connectivity index (χ1v) is 6.60. The van der Waals surface area contributed by atoms with Gasteiger partial charge in [-0.3, -0.25) is 0 Å². The fourth-order valence-electron chi connectivity index (χ4n) is 1.71. The third-order valence-electron chi connectivity index (χ3n) is 2.67. The molecule has 0 aromatic rings. The second-order valence-electron chi connectivity index (χ2n) is 4.20. The molecule has 104 valence electrons. The Morgan fingerprint density at radius 3 is 0.556 bits per heavy atom. The van der Waals surface area contributed by atoms with Crippen molar-refractivity contribution in [1.82, 2.24) is 0 Å². The van der Waals surface area contributed by atoms with Crippen molar-refractivity contribution in [2.45, 2.75) is 51.4 Å². The third-order valence-corrected chi connectivity index (χ3v) is 2.67. The van der Waals surface area contributed by atoms with Gasteiger partial charge in [-0.25, -0.2) is 0 Å². The van der Waals surface area contributed by atoms with E-state index in [1.54, 1.807) is 0 Å². The first-order valence-electron chi connectivity index (χ1n) is 6.60. The maximum Gasteiger partial charge on any atom is 1.00 e. The van der Waals surface area contributed by atoms with Crippen LogP contribution in [0.1, 0.15) is 51.4 Å². The molecular weight excluding hydrogens is 311 g/mol.